The van der Waals surface area contributed by atoms with Crippen LogP contribution in [0.4, 0.5) is 5.69 Å². The molecular formula is C19H16N6OS. The van der Waals surface area contributed by atoms with Crippen LogP contribution in [-0.4, -0.2) is 36.5 Å². The summed E-state index contributed by atoms with van der Waals surface area (Å²) in [5, 5.41) is 16.4. The standard InChI is InChI=1S/C19H16N6OS/c1-13-5-4-6-14(11-13)21-17(26)12-27-18-9-8-16-22-23-19(25(16)24-18)15-7-2-3-10-20-15/h2-11H,12H2,1H3,(H,21,26). The molecule has 0 unspecified atom stereocenters. The number of nitrogens with zero attached hydrogens (tertiary/aromatic N) is 5. The van der Waals surface area contributed by atoms with Crippen molar-refractivity contribution in [2.24, 2.45) is 0 Å². The predicted molar refractivity (Wildman–Crippen MR) is 105 cm³/mol. The van der Waals surface area contributed by atoms with E-state index in [4.69, 9.17) is 0 Å². The summed E-state index contributed by atoms with van der Waals surface area (Å²) >= 11 is 1.35. The highest BCUT2D eigenvalue weighted by Crippen LogP contribution is 2.19. The van der Waals surface area contributed by atoms with E-state index in [1.165, 1.54) is 11.8 Å². The minimum absolute atomic E-state index is 0.0822. The maximum Gasteiger partial charge on any atom is 0.234 e. The molecule has 3 heterocycles. The zero-order valence-corrected chi connectivity index (χ0v) is 15.3. The topological polar surface area (TPSA) is 85.1 Å². The van der Waals surface area contributed by atoms with Gasteiger partial charge in [0.25, 0.3) is 0 Å². The number of pyridine rings is 1. The van der Waals surface area contributed by atoms with Crippen LogP contribution in [0.25, 0.3) is 17.2 Å². The summed E-state index contributed by atoms with van der Waals surface area (Å²) in [5.74, 6) is 0.742. The molecule has 0 fully saturated rings. The summed E-state index contributed by atoms with van der Waals surface area (Å²) in [5.41, 5.74) is 3.21. The van der Waals surface area contributed by atoms with E-state index in [2.05, 4.69) is 25.6 Å². The second kappa shape index (κ2) is 7.55. The fourth-order valence-corrected chi connectivity index (χ4v) is 3.22. The molecule has 4 aromatic rings. The molecule has 1 N–H and O–H groups in total. The number of amides is 1. The number of thioether (sulfide) groups is 1. The van der Waals surface area contributed by atoms with E-state index in [9.17, 15) is 4.79 Å². The zero-order chi connectivity index (χ0) is 18.6. The highest BCUT2D eigenvalue weighted by molar-refractivity contribution is 7.99. The number of anilines is 1. The van der Waals surface area contributed by atoms with Crippen LogP contribution in [0.5, 0.6) is 0 Å². The van der Waals surface area contributed by atoms with Crippen molar-refractivity contribution in [3.05, 3.63) is 66.4 Å². The van der Waals surface area contributed by atoms with Gasteiger partial charge in [0.15, 0.2) is 5.65 Å². The van der Waals surface area contributed by atoms with Crippen LogP contribution >= 0.6 is 11.8 Å². The predicted octanol–water partition coefficient (Wildman–Crippen LogP) is 3.23. The van der Waals surface area contributed by atoms with Crippen molar-refractivity contribution in [2.75, 3.05) is 11.1 Å². The van der Waals surface area contributed by atoms with Crippen molar-refractivity contribution in [1.82, 2.24) is 24.8 Å². The fourth-order valence-electron chi connectivity index (χ4n) is 2.56. The lowest BCUT2D eigenvalue weighted by molar-refractivity contribution is -0.113. The Labute approximate surface area is 159 Å². The molecule has 0 aliphatic rings. The highest BCUT2D eigenvalue weighted by atomic mass is 32.2. The molecule has 0 saturated carbocycles. The number of benzene rings is 1. The van der Waals surface area contributed by atoms with Crippen molar-refractivity contribution in [2.45, 2.75) is 11.9 Å². The quantitative estimate of drug-likeness (QED) is 0.538. The average molecular weight is 376 g/mol. The second-order valence-corrected chi connectivity index (χ2v) is 6.88. The first-order chi connectivity index (χ1) is 13.2. The van der Waals surface area contributed by atoms with E-state index in [0.717, 1.165) is 11.3 Å². The van der Waals surface area contributed by atoms with Gasteiger partial charge in [0.1, 0.15) is 10.7 Å². The molecule has 0 atom stereocenters. The van der Waals surface area contributed by atoms with Crippen molar-refractivity contribution >= 4 is 29.0 Å². The van der Waals surface area contributed by atoms with Gasteiger partial charge in [-0.25, -0.2) is 0 Å². The number of nitrogens with one attached hydrogen (secondary N) is 1. The molecular weight excluding hydrogens is 360 g/mol. The fraction of sp³-hybridized carbons (Fsp3) is 0.105. The van der Waals surface area contributed by atoms with Crippen molar-refractivity contribution in [1.29, 1.82) is 0 Å². The molecule has 7 nitrogen and oxygen atoms in total. The Morgan fingerprint density at radius 2 is 2.04 bits per heavy atom. The highest BCUT2D eigenvalue weighted by Gasteiger charge is 2.12. The van der Waals surface area contributed by atoms with Gasteiger partial charge in [0.05, 0.1) is 5.75 Å². The molecule has 1 amide bonds. The Hall–Kier alpha value is -3.26. The van der Waals surface area contributed by atoms with Crippen LogP contribution in [0.1, 0.15) is 5.56 Å². The van der Waals surface area contributed by atoms with Crippen LogP contribution in [0.15, 0.2) is 65.8 Å². The minimum Gasteiger partial charge on any atom is -0.325 e. The largest absolute Gasteiger partial charge is 0.325 e. The summed E-state index contributed by atoms with van der Waals surface area (Å²) in [4.78, 5) is 16.5. The number of hydrogen-bond donors (Lipinski definition) is 1. The molecule has 8 heteroatoms. The summed E-state index contributed by atoms with van der Waals surface area (Å²) in [6.07, 6.45) is 1.70. The number of fused-ring (bicyclic) bond motifs is 1. The molecule has 27 heavy (non-hydrogen) atoms. The number of carbonyl (C=O) groups excluding carboxylic acids is 1. The van der Waals surface area contributed by atoms with Gasteiger partial charge < -0.3 is 5.32 Å². The third-order valence-corrected chi connectivity index (χ3v) is 4.71. The van der Waals surface area contributed by atoms with Crippen LogP contribution < -0.4 is 5.32 Å². The van der Waals surface area contributed by atoms with Gasteiger partial charge in [-0.15, -0.1) is 10.2 Å². The first-order valence-electron chi connectivity index (χ1n) is 8.32. The second-order valence-electron chi connectivity index (χ2n) is 5.89. The number of aromatic nitrogens is 5. The molecule has 0 aliphatic carbocycles. The summed E-state index contributed by atoms with van der Waals surface area (Å²) in [6, 6.07) is 16.9. The molecule has 0 radical (unpaired) electrons. The number of carbonyl (C=O) groups is 1. The molecule has 0 aliphatic heterocycles. The van der Waals surface area contributed by atoms with Gasteiger partial charge in [-0.2, -0.15) is 9.61 Å². The van der Waals surface area contributed by atoms with Crippen LogP contribution in [0.2, 0.25) is 0 Å². The van der Waals surface area contributed by atoms with E-state index >= 15 is 0 Å². The minimum atomic E-state index is -0.0822. The van der Waals surface area contributed by atoms with E-state index < -0.39 is 0 Å². The lowest BCUT2D eigenvalue weighted by Crippen LogP contribution is -2.14. The average Bonchev–Trinajstić information content (AvgIpc) is 3.10. The molecule has 1 aromatic carbocycles. The van der Waals surface area contributed by atoms with Gasteiger partial charge in [-0.05, 0) is 48.9 Å². The first-order valence-corrected chi connectivity index (χ1v) is 9.31. The normalized spacial score (nSPS) is 10.9. The van der Waals surface area contributed by atoms with E-state index in [-0.39, 0.29) is 11.7 Å². The van der Waals surface area contributed by atoms with Gasteiger partial charge in [0.2, 0.25) is 11.7 Å². The molecule has 4 rings (SSSR count). The summed E-state index contributed by atoms with van der Waals surface area (Å²) in [6.45, 7) is 1.99. The van der Waals surface area contributed by atoms with Crippen molar-refractivity contribution in [3.8, 4) is 11.5 Å². The Morgan fingerprint density at radius 1 is 1.11 bits per heavy atom. The molecule has 134 valence electrons. The van der Waals surface area contributed by atoms with Gasteiger partial charge in [0, 0.05) is 11.9 Å². The Morgan fingerprint density at radius 3 is 2.85 bits per heavy atom. The Balaban J connectivity index is 1.48. The van der Waals surface area contributed by atoms with Crippen LogP contribution in [0.3, 0.4) is 0 Å². The van der Waals surface area contributed by atoms with Crippen LogP contribution in [0, 0.1) is 6.92 Å². The maximum absolute atomic E-state index is 12.2. The number of rotatable bonds is 5. The maximum atomic E-state index is 12.2. The lowest BCUT2D eigenvalue weighted by atomic mass is 10.2. The summed E-state index contributed by atoms with van der Waals surface area (Å²) in [7, 11) is 0. The molecule has 0 bridgehead atoms. The lowest BCUT2D eigenvalue weighted by Gasteiger charge is -2.06. The van der Waals surface area contributed by atoms with Crippen LogP contribution in [-0.2, 0) is 4.79 Å². The first kappa shape index (κ1) is 17.2. The summed E-state index contributed by atoms with van der Waals surface area (Å²) < 4.78 is 1.64. The molecule has 3 aromatic heterocycles. The third kappa shape index (κ3) is 3.95. The Kier molecular flexibility index (Phi) is 4.80. The van der Waals surface area contributed by atoms with Gasteiger partial charge >= 0.3 is 0 Å². The van der Waals surface area contributed by atoms with Gasteiger partial charge in [-0.3, -0.25) is 9.78 Å². The van der Waals surface area contributed by atoms with Crippen molar-refractivity contribution in [3.63, 3.8) is 0 Å². The van der Waals surface area contributed by atoms with E-state index in [0.29, 0.717) is 22.2 Å². The molecule has 0 spiro atoms. The van der Waals surface area contributed by atoms with Crippen molar-refractivity contribution < 1.29 is 4.79 Å². The number of aryl methyl sites for hydroxylation is 1. The third-order valence-electron chi connectivity index (χ3n) is 3.79. The smallest absolute Gasteiger partial charge is 0.234 e. The Bertz CT molecular complexity index is 1100. The van der Waals surface area contributed by atoms with E-state index in [1.807, 2.05) is 61.5 Å². The monoisotopic (exact) mass is 376 g/mol. The van der Waals surface area contributed by atoms with Gasteiger partial charge in [-0.1, -0.05) is 30.0 Å². The zero-order valence-electron chi connectivity index (χ0n) is 14.5. The SMILES string of the molecule is Cc1cccc(NC(=O)CSc2ccc3nnc(-c4ccccn4)n3n2)c1. The van der Waals surface area contributed by atoms with E-state index in [1.54, 1.807) is 10.7 Å². The molecule has 0 saturated heterocycles. The number of hydrogen-bond acceptors (Lipinski definition) is 6.